The minimum Gasteiger partial charge on any atom is -0.493 e. The van der Waals surface area contributed by atoms with Gasteiger partial charge < -0.3 is 23.8 Å². The molecule has 0 N–H and O–H groups in total. The molecule has 6 nitrogen and oxygen atoms in total. The normalized spacial score (nSPS) is 15.7. The summed E-state index contributed by atoms with van der Waals surface area (Å²) < 4.78 is 21.9. The van der Waals surface area contributed by atoms with E-state index in [1.54, 1.807) is 40.6 Å². The second-order valence-electron chi connectivity index (χ2n) is 7.11. The summed E-state index contributed by atoms with van der Waals surface area (Å²) in [6.07, 6.45) is 1.84. The van der Waals surface area contributed by atoms with Gasteiger partial charge in [0.2, 0.25) is 5.75 Å². The number of hydrogen-bond donors (Lipinski definition) is 0. The maximum atomic E-state index is 13.1. The molecule has 0 aromatic heterocycles. The van der Waals surface area contributed by atoms with Crippen molar-refractivity contribution in [2.45, 2.75) is 18.9 Å². The number of hydrogen-bond acceptors (Lipinski definition) is 5. The summed E-state index contributed by atoms with van der Waals surface area (Å²) in [4.78, 5) is 15.0. The number of methoxy groups -OCH3 is 4. The zero-order chi connectivity index (χ0) is 20.8. The first-order valence-electron chi connectivity index (χ1n) is 9.80. The SMILES string of the molecule is COc1cc(C(=O)N2CCC(C(OC)c3ccccc3)CC2)cc(OC)c1OC. The van der Waals surface area contributed by atoms with Crippen LogP contribution >= 0.6 is 0 Å². The number of piperidine rings is 1. The molecule has 1 unspecified atom stereocenters. The molecule has 0 bridgehead atoms. The summed E-state index contributed by atoms with van der Waals surface area (Å²) in [7, 11) is 6.40. The first-order valence-corrected chi connectivity index (χ1v) is 9.80. The van der Waals surface area contributed by atoms with E-state index in [0.29, 0.717) is 41.8 Å². The number of likely N-dealkylation sites (tertiary alicyclic amines) is 1. The van der Waals surface area contributed by atoms with Crippen LogP contribution in [0.25, 0.3) is 0 Å². The number of carbonyl (C=O) groups is 1. The molecule has 0 saturated carbocycles. The predicted octanol–water partition coefficient (Wildman–Crippen LogP) is 3.95. The van der Waals surface area contributed by atoms with Crippen LogP contribution < -0.4 is 14.2 Å². The molecule has 1 heterocycles. The van der Waals surface area contributed by atoms with Gasteiger partial charge in [-0.1, -0.05) is 30.3 Å². The quantitative estimate of drug-likeness (QED) is 0.706. The van der Waals surface area contributed by atoms with E-state index in [1.165, 1.54) is 5.56 Å². The predicted molar refractivity (Wildman–Crippen MR) is 111 cm³/mol. The van der Waals surface area contributed by atoms with Gasteiger partial charge in [0, 0.05) is 25.8 Å². The average Bonchev–Trinajstić information content (AvgIpc) is 2.79. The van der Waals surface area contributed by atoms with Gasteiger partial charge in [0.05, 0.1) is 27.4 Å². The molecule has 1 amide bonds. The Labute approximate surface area is 172 Å². The smallest absolute Gasteiger partial charge is 0.254 e. The van der Waals surface area contributed by atoms with Gasteiger partial charge in [0.15, 0.2) is 11.5 Å². The molecule has 3 rings (SSSR count). The lowest BCUT2D eigenvalue weighted by Crippen LogP contribution is -2.40. The van der Waals surface area contributed by atoms with Crippen molar-refractivity contribution in [2.75, 3.05) is 41.5 Å². The maximum Gasteiger partial charge on any atom is 0.254 e. The average molecular weight is 399 g/mol. The van der Waals surface area contributed by atoms with E-state index in [-0.39, 0.29) is 12.0 Å². The zero-order valence-corrected chi connectivity index (χ0v) is 17.5. The second-order valence-corrected chi connectivity index (χ2v) is 7.11. The van der Waals surface area contributed by atoms with Gasteiger partial charge in [-0.3, -0.25) is 4.79 Å². The molecular formula is C23H29NO5. The topological polar surface area (TPSA) is 57.2 Å². The third-order valence-corrected chi connectivity index (χ3v) is 5.55. The monoisotopic (exact) mass is 399 g/mol. The molecule has 156 valence electrons. The van der Waals surface area contributed by atoms with Crippen LogP contribution in [0.5, 0.6) is 17.2 Å². The standard InChI is InChI=1S/C23H29NO5/c1-26-19-14-18(15-20(27-2)22(19)29-4)23(25)24-12-10-17(11-13-24)21(28-3)16-8-6-5-7-9-16/h5-9,14-15,17,21H,10-13H2,1-4H3. The fraction of sp³-hybridized carbons (Fsp3) is 0.435. The van der Waals surface area contributed by atoms with E-state index in [1.807, 2.05) is 23.1 Å². The zero-order valence-electron chi connectivity index (χ0n) is 17.5. The van der Waals surface area contributed by atoms with Gasteiger partial charge in [-0.05, 0) is 36.5 Å². The molecule has 2 aromatic carbocycles. The Kier molecular flexibility index (Phi) is 6.99. The molecule has 29 heavy (non-hydrogen) atoms. The lowest BCUT2D eigenvalue weighted by Gasteiger charge is -2.35. The lowest BCUT2D eigenvalue weighted by molar-refractivity contribution is 0.0194. The maximum absolute atomic E-state index is 13.1. The van der Waals surface area contributed by atoms with Crippen molar-refractivity contribution < 1.29 is 23.7 Å². The third-order valence-electron chi connectivity index (χ3n) is 5.55. The number of carbonyl (C=O) groups excluding carboxylic acids is 1. The molecule has 0 radical (unpaired) electrons. The largest absolute Gasteiger partial charge is 0.493 e. The Morgan fingerprint density at radius 1 is 0.931 bits per heavy atom. The summed E-state index contributed by atoms with van der Waals surface area (Å²) in [6.45, 7) is 1.37. The van der Waals surface area contributed by atoms with Crippen LogP contribution in [0, 0.1) is 5.92 Å². The highest BCUT2D eigenvalue weighted by molar-refractivity contribution is 5.95. The highest BCUT2D eigenvalue weighted by atomic mass is 16.5. The van der Waals surface area contributed by atoms with Gasteiger partial charge in [-0.2, -0.15) is 0 Å². The first kappa shape index (κ1) is 21.0. The van der Waals surface area contributed by atoms with Crippen molar-refractivity contribution in [3.63, 3.8) is 0 Å². The van der Waals surface area contributed by atoms with Crippen LogP contribution in [0.15, 0.2) is 42.5 Å². The van der Waals surface area contributed by atoms with Crippen molar-refractivity contribution in [3.8, 4) is 17.2 Å². The number of ether oxygens (including phenoxy) is 4. The van der Waals surface area contributed by atoms with Gasteiger partial charge in [0.1, 0.15) is 0 Å². The highest BCUT2D eigenvalue weighted by Gasteiger charge is 2.30. The first-order chi connectivity index (χ1) is 14.1. The number of benzene rings is 2. The van der Waals surface area contributed by atoms with E-state index in [4.69, 9.17) is 18.9 Å². The third kappa shape index (κ3) is 4.48. The van der Waals surface area contributed by atoms with Crippen LogP contribution in [0.3, 0.4) is 0 Å². The van der Waals surface area contributed by atoms with Crippen molar-refractivity contribution in [3.05, 3.63) is 53.6 Å². The van der Waals surface area contributed by atoms with E-state index in [2.05, 4.69) is 12.1 Å². The molecule has 1 aliphatic heterocycles. The van der Waals surface area contributed by atoms with E-state index < -0.39 is 0 Å². The van der Waals surface area contributed by atoms with Crippen molar-refractivity contribution in [1.82, 2.24) is 4.90 Å². The minimum atomic E-state index is -0.0311. The van der Waals surface area contributed by atoms with Gasteiger partial charge in [-0.15, -0.1) is 0 Å². The fourth-order valence-electron chi connectivity index (χ4n) is 4.04. The van der Waals surface area contributed by atoms with E-state index in [9.17, 15) is 4.79 Å². The molecule has 1 saturated heterocycles. The summed E-state index contributed by atoms with van der Waals surface area (Å²) in [5.74, 6) is 1.79. The van der Waals surface area contributed by atoms with Crippen molar-refractivity contribution in [1.29, 1.82) is 0 Å². The van der Waals surface area contributed by atoms with Crippen molar-refractivity contribution >= 4 is 5.91 Å². The van der Waals surface area contributed by atoms with Crippen LogP contribution in [0.1, 0.15) is 34.9 Å². The molecule has 6 heteroatoms. The minimum absolute atomic E-state index is 0.0311. The second kappa shape index (κ2) is 9.65. The van der Waals surface area contributed by atoms with Crippen LogP contribution in [0.2, 0.25) is 0 Å². The molecule has 1 aliphatic rings. The Morgan fingerprint density at radius 3 is 2.00 bits per heavy atom. The molecule has 1 fully saturated rings. The summed E-state index contributed by atoms with van der Waals surface area (Å²) in [5.41, 5.74) is 1.72. The molecule has 0 aliphatic carbocycles. The molecule has 2 aromatic rings. The van der Waals surface area contributed by atoms with Crippen LogP contribution in [-0.2, 0) is 4.74 Å². The number of rotatable bonds is 7. The van der Waals surface area contributed by atoms with Crippen LogP contribution in [0.4, 0.5) is 0 Å². The Balaban J connectivity index is 1.72. The van der Waals surface area contributed by atoms with E-state index in [0.717, 1.165) is 12.8 Å². The Hall–Kier alpha value is -2.73. The van der Waals surface area contributed by atoms with E-state index >= 15 is 0 Å². The van der Waals surface area contributed by atoms with Gasteiger partial charge in [0.25, 0.3) is 5.91 Å². The van der Waals surface area contributed by atoms with Gasteiger partial charge >= 0.3 is 0 Å². The molecule has 1 atom stereocenters. The molecule has 0 spiro atoms. The summed E-state index contributed by atoms with van der Waals surface area (Å²) in [5, 5.41) is 0. The lowest BCUT2D eigenvalue weighted by atomic mass is 9.87. The Morgan fingerprint density at radius 2 is 1.52 bits per heavy atom. The highest BCUT2D eigenvalue weighted by Crippen LogP contribution is 2.39. The number of nitrogens with zero attached hydrogens (tertiary/aromatic N) is 1. The van der Waals surface area contributed by atoms with Crippen LogP contribution in [-0.4, -0.2) is 52.3 Å². The van der Waals surface area contributed by atoms with Gasteiger partial charge in [-0.25, -0.2) is 0 Å². The fourth-order valence-corrected chi connectivity index (χ4v) is 4.04. The summed E-state index contributed by atoms with van der Waals surface area (Å²) >= 11 is 0. The number of amides is 1. The molecular weight excluding hydrogens is 370 g/mol. The Bertz CT molecular complexity index is 790. The van der Waals surface area contributed by atoms with Crippen molar-refractivity contribution in [2.24, 2.45) is 5.92 Å². The summed E-state index contributed by atoms with van der Waals surface area (Å²) in [6, 6.07) is 13.7.